The highest BCUT2D eigenvalue weighted by Crippen LogP contribution is 2.20. The maximum absolute atomic E-state index is 13.6. The molecule has 4 nitrogen and oxygen atoms in total. The number of anilines is 1. The van der Waals surface area contributed by atoms with Crippen LogP contribution in [0.25, 0.3) is 6.08 Å². The SMILES string of the molecule is CC(=O)Nc1cc(F)c(C)c(C=CCC(=O)O)c1. The van der Waals surface area contributed by atoms with Gasteiger partial charge in [-0.15, -0.1) is 0 Å². The Labute approximate surface area is 104 Å². The number of aliphatic carboxylic acids is 1. The van der Waals surface area contributed by atoms with Crippen LogP contribution >= 0.6 is 0 Å². The van der Waals surface area contributed by atoms with Crippen LogP contribution in [0, 0.1) is 12.7 Å². The number of halogens is 1. The average molecular weight is 251 g/mol. The van der Waals surface area contributed by atoms with E-state index in [4.69, 9.17) is 5.11 Å². The molecule has 0 aliphatic carbocycles. The van der Waals surface area contributed by atoms with E-state index in [2.05, 4.69) is 5.32 Å². The Morgan fingerprint density at radius 1 is 1.44 bits per heavy atom. The molecular weight excluding hydrogens is 237 g/mol. The van der Waals surface area contributed by atoms with Crippen LogP contribution < -0.4 is 5.32 Å². The lowest BCUT2D eigenvalue weighted by atomic mass is 10.1. The molecule has 0 saturated heterocycles. The van der Waals surface area contributed by atoms with E-state index in [1.807, 2.05) is 0 Å². The monoisotopic (exact) mass is 251 g/mol. The quantitative estimate of drug-likeness (QED) is 0.864. The predicted molar refractivity (Wildman–Crippen MR) is 66.7 cm³/mol. The van der Waals surface area contributed by atoms with Gasteiger partial charge in [0.2, 0.25) is 5.91 Å². The normalized spacial score (nSPS) is 10.6. The predicted octanol–water partition coefficient (Wildman–Crippen LogP) is 2.58. The molecule has 0 aliphatic heterocycles. The molecule has 1 rings (SSSR count). The van der Waals surface area contributed by atoms with Gasteiger partial charge in [-0.2, -0.15) is 0 Å². The first-order valence-corrected chi connectivity index (χ1v) is 5.36. The Bertz CT molecular complexity index is 509. The Morgan fingerprint density at radius 3 is 2.67 bits per heavy atom. The molecule has 0 fully saturated rings. The van der Waals surface area contributed by atoms with Crippen LogP contribution in [0.5, 0.6) is 0 Å². The van der Waals surface area contributed by atoms with E-state index in [1.54, 1.807) is 13.0 Å². The lowest BCUT2D eigenvalue weighted by Crippen LogP contribution is -2.06. The Hall–Kier alpha value is -2.17. The van der Waals surface area contributed by atoms with Crippen molar-refractivity contribution in [1.82, 2.24) is 0 Å². The van der Waals surface area contributed by atoms with Crippen molar-refractivity contribution in [2.75, 3.05) is 5.32 Å². The lowest BCUT2D eigenvalue weighted by Gasteiger charge is -2.07. The molecule has 1 aromatic rings. The summed E-state index contributed by atoms with van der Waals surface area (Å²) in [5, 5.41) is 11.0. The molecule has 0 unspecified atom stereocenters. The number of carbonyl (C=O) groups excluding carboxylic acids is 1. The summed E-state index contributed by atoms with van der Waals surface area (Å²) in [6.45, 7) is 2.92. The van der Waals surface area contributed by atoms with Crippen LogP contribution in [-0.4, -0.2) is 17.0 Å². The zero-order valence-electron chi connectivity index (χ0n) is 10.2. The molecule has 0 radical (unpaired) electrons. The van der Waals surface area contributed by atoms with E-state index >= 15 is 0 Å². The molecule has 96 valence electrons. The van der Waals surface area contributed by atoms with Gasteiger partial charge in [0.15, 0.2) is 0 Å². The minimum absolute atomic E-state index is 0.134. The van der Waals surface area contributed by atoms with Crippen molar-refractivity contribution in [3.05, 3.63) is 35.2 Å². The van der Waals surface area contributed by atoms with E-state index in [-0.39, 0.29) is 12.3 Å². The van der Waals surface area contributed by atoms with Gasteiger partial charge in [-0.1, -0.05) is 12.2 Å². The molecule has 0 heterocycles. The van der Waals surface area contributed by atoms with E-state index in [9.17, 15) is 14.0 Å². The summed E-state index contributed by atoms with van der Waals surface area (Å²) in [6, 6.07) is 2.82. The van der Waals surface area contributed by atoms with Crippen molar-refractivity contribution < 1.29 is 19.1 Å². The molecule has 2 N–H and O–H groups in total. The smallest absolute Gasteiger partial charge is 0.307 e. The third-order valence-corrected chi connectivity index (χ3v) is 2.29. The number of benzene rings is 1. The van der Waals surface area contributed by atoms with Crippen molar-refractivity contribution in [3.63, 3.8) is 0 Å². The number of carboxylic acids is 1. The van der Waals surface area contributed by atoms with Gasteiger partial charge in [0.1, 0.15) is 5.82 Å². The zero-order chi connectivity index (χ0) is 13.7. The highest BCUT2D eigenvalue weighted by Gasteiger charge is 2.06. The van der Waals surface area contributed by atoms with Crippen LogP contribution in [0.4, 0.5) is 10.1 Å². The fourth-order valence-electron chi connectivity index (χ4n) is 1.44. The third kappa shape index (κ3) is 4.01. The molecule has 0 atom stereocenters. The number of carbonyl (C=O) groups is 2. The molecule has 1 aromatic carbocycles. The second-order valence-electron chi connectivity index (χ2n) is 3.85. The van der Waals surface area contributed by atoms with E-state index in [1.165, 1.54) is 25.1 Å². The molecule has 18 heavy (non-hydrogen) atoms. The first kappa shape index (κ1) is 13.9. The summed E-state index contributed by atoms with van der Waals surface area (Å²) in [6.07, 6.45) is 2.82. The zero-order valence-corrected chi connectivity index (χ0v) is 10.2. The summed E-state index contributed by atoms with van der Waals surface area (Å²) in [5.41, 5.74) is 1.30. The Morgan fingerprint density at radius 2 is 2.11 bits per heavy atom. The first-order chi connectivity index (χ1) is 8.40. The van der Waals surface area contributed by atoms with Crippen molar-refractivity contribution in [1.29, 1.82) is 0 Å². The molecule has 0 aromatic heterocycles. The molecular formula is C13H14FNO3. The minimum Gasteiger partial charge on any atom is -0.481 e. The Balaban J connectivity index is 3.02. The highest BCUT2D eigenvalue weighted by molar-refractivity contribution is 5.89. The van der Waals surface area contributed by atoms with Gasteiger partial charge in [0, 0.05) is 12.6 Å². The maximum atomic E-state index is 13.6. The molecule has 5 heteroatoms. The first-order valence-electron chi connectivity index (χ1n) is 5.36. The van der Waals surface area contributed by atoms with Gasteiger partial charge in [0.25, 0.3) is 0 Å². The lowest BCUT2D eigenvalue weighted by molar-refractivity contribution is -0.136. The third-order valence-electron chi connectivity index (χ3n) is 2.29. The van der Waals surface area contributed by atoms with Crippen LogP contribution in [0.1, 0.15) is 24.5 Å². The van der Waals surface area contributed by atoms with Crippen molar-refractivity contribution in [3.8, 4) is 0 Å². The molecule has 0 saturated carbocycles. The second-order valence-corrected chi connectivity index (χ2v) is 3.85. The largest absolute Gasteiger partial charge is 0.481 e. The fraction of sp³-hybridized carbons (Fsp3) is 0.231. The highest BCUT2D eigenvalue weighted by atomic mass is 19.1. The van der Waals surface area contributed by atoms with Crippen LogP contribution in [0.2, 0.25) is 0 Å². The van der Waals surface area contributed by atoms with Crippen molar-refractivity contribution >= 4 is 23.6 Å². The van der Waals surface area contributed by atoms with E-state index in [0.29, 0.717) is 16.8 Å². The summed E-state index contributed by atoms with van der Waals surface area (Å²) in [5.74, 6) is -1.70. The fourth-order valence-corrected chi connectivity index (χ4v) is 1.44. The maximum Gasteiger partial charge on any atom is 0.307 e. The van der Waals surface area contributed by atoms with Gasteiger partial charge in [-0.05, 0) is 30.2 Å². The summed E-state index contributed by atoms with van der Waals surface area (Å²) < 4.78 is 13.6. The van der Waals surface area contributed by atoms with E-state index in [0.717, 1.165) is 0 Å². The number of hydrogen-bond acceptors (Lipinski definition) is 2. The van der Waals surface area contributed by atoms with Crippen molar-refractivity contribution in [2.45, 2.75) is 20.3 Å². The summed E-state index contributed by atoms with van der Waals surface area (Å²) >= 11 is 0. The van der Waals surface area contributed by atoms with Gasteiger partial charge < -0.3 is 10.4 Å². The molecule has 1 amide bonds. The number of nitrogens with one attached hydrogen (secondary N) is 1. The topological polar surface area (TPSA) is 66.4 Å². The number of hydrogen-bond donors (Lipinski definition) is 2. The number of amides is 1. The van der Waals surface area contributed by atoms with Crippen LogP contribution in [-0.2, 0) is 9.59 Å². The summed E-state index contributed by atoms with van der Waals surface area (Å²) in [4.78, 5) is 21.3. The number of rotatable bonds is 4. The number of carboxylic acid groups (broad SMARTS) is 1. The molecule has 0 bridgehead atoms. The van der Waals surface area contributed by atoms with Gasteiger partial charge >= 0.3 is 5.97 Å². The summed E-state index contributed by atoms with van der Waals surface area (Å²) in [7, 11) is 0. The molecule has 0 aliphatic rings. The van der Waals surface area contributed by atoms with Crippen LogP contribution in [0.3, 0.4) is 0 Å². The van der Waals surface area contributed by atoms with E-state index < -0.39 is 11.8 Å². The van der Waals surface area contributed by atoms with Gasteiger partial charge in [0.05, 0.1) is 6.42 Å². The Kier molecular flexibility index (Phi) is 4.59. The minimum atomic E-state index is -0.956. The van der Waals surface area contributed by atoms with Gasteiger partial charge in [-0.25, -0.2) is 4.39 Å². The van der Waals surface area contributed by atoms with Crippen molar-refractivity contribution in [2.24, 2.45) is 0 Å². The van der Waals surface area contributed by atoms with Crippen LogP contribution in [0.15, 0.2) is 18.2 Å². The average Bonchev–Trinajstić information content (AvgIpc) is 2.23. The second kappa shape index (κ2) is 5.95. The standard InChI is InChI=1S/C13H14FNO3/c1-8-10(4-3-5-13(17)18)6-11(7-12(8)14)15-9(2)16/h3-4,6-7H,5H2,1-2H3,(H,15,16)(H,17,18). The van der Waals surface area contributed by atoms with Gasteiger partial charge in [-0.3, -0.25) is 9.59 Å². The molecule has 0 spiro atoms.